The van der Waals surface area contributed by atoms with E-state index in [9.17, 15) is 9.59 Å². The lowest BCUT2D eigenvalue weighted by Crippen LogP contribution is -2.30. The number of allylic oxidation sites excluding steroid dienone is 2. The van der Waals surface area contributed by atoms with Gasteiger partial charge < -0.3 is 10.6 Å². The summed E-state index contributed by atoms with van der Waals surface area (Å²) in [6, 6.07) is 5.45. The van der Waals surface area contributed by atoms with E-state index in [0.29, 0.717) is 22.5 Å². The van der Waals surface area contributed by atoms with E-state index < -0.39 is 0 Å². The molecule has 0 aliphatic heterocycles. The van der Waals surface area contributed by atoms with Crippen molar-refractivity contribution in [1.82, 2.24) is 10.3 Å². The maximum Gasteiger partial charge on any atom is 0.251 e. The third-order valence-electron chi connectivity index (χ3n) is 4.87. The molecule has 24 heavy (non-hydrogen) atoms. The molecule has 124 valence electrons. The summed E-state index contributed by atoms with van der Waals surface area (Å²) in [5.41, 5.74) is 1.43. The molecule has 1 aromatic heterocycles. The van der Waals surface area contributed by atoms with Gasteiger partial charge in [0.15, 0.2) is 5.13 Å². The van der Waals surface area contributed by atoms with Crippen LogP contribution in [0.3, 0.4) is 0 Å². The number of rotatable bonds is 4. The van der Waals surface area contributed by atoms with Crippen molar-refractivity contribution in [3.8, 4) is 0 Å². The molecule has 4 rings (SSSR count). The number of thiazole rings is 1. The quantitative estimate of drug-likeness (QED) is 0.839. The smallest absolute Gasteiger partial charge is 0.251 e. The highest BCUT2D eigenvalue weighted by Gasteiger charge is 2.35. The molecule has 3 atom stereocenters. The highest BCUT2D eigenvalue weighted by molar-refractivity contribution is 7.22. The van der Waals surface area contributed by atoms with Gasteiger partial charge in [0, 0.05) is 19.0 Å². The number of amides is 2. The summed E-state index contributed by atoms with van der Waals surface area (Å²) in [5.74, 6) is 1.74. The lowest BCUT2D eigenvalue weighted by atomic mass is 9.93. The maximum absolute atomic E-state index is 12.4. The molecule has 0 radical (unpaired) electrons. The van der Waals surface area contributed by atoms with E-state index in [1.54, 1.807) is 6.07 Å². The van der Waals surface area contributed by atoms with Gasteiger partial charge in [0.1, 0.15) is 0 Å². The summed E-state index contributed by atoms with van der Waals surface area (Å²) in [6.07, 6.45) is 7.06. The van der Waals surface area contributed by atoms with Gasteiger partial charge in [0.05, 0.1) is 10.2 Å². The SMILES string of the molecule is CC(=O)Nc1nc2ccc(C(=O)NCC3CC4C=CC3C4)cc2s1. The summed E-state index contributed by atoms with van der Waals surface area (Å²) in [4.78, 5) is 27.9. The van der Waals surface area contributed by atoms with Crippen LogP contribution in [0.25, 0.3) is 10.2 Å². The first kappa shape index (κ1) is 15.3. The van der Waals surface area contributed by atoms with Gasteiger partial charge in [-0.05, 0) is 48.8 Å². The number of carbonyl (C=O) groups is 2. The van der Waals surface area contributed by atoms with Crippen LogP contribution >= 0.6 is 11.3 Å². The highest BCUT2D eigenvalue weighted by atomic mass is 32.1. The Hall–Kier alpha value is -2.21. The van der Waals surface area contributed by atoms with Crippen LogP contribution < -0.4 is 10.6 Å². The Morgan fingerprint density at radius 1 is 1.29 bits per heavy atom. The Kier molecular flexibility index (Phi) is 3.84. The van der Waals surface area contributed by atoms with Gasteiger partial charge in [-0.2, -0.15) is 0 Å². The molecule has 1 heterocycles. The summed E-state index contributed by atoms with van der Waals surface area (Å²) >= 11 is 1.38. The number of fused-ring (bicyclic) bond motifs is 3. The molecule has 5 nitrogen and oxygen atoms in total. The Labute approximate surface area is 144 Å². The van der Waals surface area contributed by atoms with Crippen molar-refractivity contribution in [2.75, 3.05) is 11.9 Å². The van der Waals surface area contributed by atoms with E-state index in [1.807, 2.05) is 12.1 Å². The Morgan fingerprint density at radius 3 is 2.88 bits per heavy atom. The second-order valence-corrected chi connectivity index (χ2v) is 7.66. The maximum atomic E-state index is 12.4. The van der Waals surface area contributed by atoms with Crippen LogP contribution in [0.2, 0.25) is 0 Å². The van der Waals surface area contributed by atoms with Gasteiger partial charge in [-0.3, -0.25) is 9.59 Å². The van der Waals surface area contributed by atoms with Crippen molar-refractivity contribution < 1.29 is 9.59 Å². The molecule has 2 aromatic rings. The number of carbonyl (C=O) groups excluding carboxylic acids is 2. The van der Waals surface area contributed by atoms with E-state index in [4.69, 9.17) is 0 Å². The number of hydrogen-bond donors (Lipinski definition) is 2. The fourth-order valence-corrected chi connectivity index (χ4v) is 4.68. The van der Waals surface area contributed by atoms with Crippen LogP contribution in [0, 0.1) is 17.8 Å². The molecule has 2 aliphatic rings. The monoisotopic (exact) mass is 341 g/mol. The first-order valence-corrected chi connectivity index (χ1v) is 9.05. The molecule has 2 bridgehead atoms. The van der Waals surface area contributed by atoms with Crippen molar-refractivity contribution >= 4 is 38.5 Å². The molecular formula is C18H19N3O2S. The minimum absolute atomic E-state index is 0.0434. The highest BCUT2D eigenvalue weighted by Crippen LogP contribution is 2.42. The lowest BCUT2D eigenvalue weighted by Gasteiger charge is -2.18. The third kappa shape index (κ3) is 2.94. The van der Waals surface area contributed by atoms with E-state index in [0.717, 1.165) is 22.7 Å². The number of anilines is 1. The third-order valence-corrected chi connectivity index (χ3v) is 5.81. The van der Waals surface area contributed by atoms with Crippen molar-refractivity contribution in [2.24, 2.45) is 17.8 Å². The minimum Gasteiger partial charge on any atom is -0.352 e. The van der Waals surface area contributed by atoms with Crippen molar-refractivity contribution in [1.29, 1.82) is 0 Å². The Morgan fingerprint density at radius 2 is 2.17 bits per heavy atom. The average molecular weight is 341 g/mol. The van der Waals surface area contributed by atoms with Gasteiger partial charge in [0.25, 0.3) is 5.91 Å². The largest absolute Gasteiger partial charge is 0.352 e. The number of nitrogens with one attached hydrogen (secondary N) is 2. The lowest BCUT2D eigenvalue weighted by molar-refractivity contribution is -0.114. The van der Waals surface area contributed by atoms with Crippen LogP contribution in [0.5, 0.6) is 0 Å². The molecule has 6 heteroatoms. The predicted octanol–water partition coefficient (Wildman–Crippen LogP) is 3.20. The van der Waals surface area contributed by atoms with Crippen LogP contribution in [0.15, 0.2) is 30.4 Å². The second-order valence-electron chi connectivity index (χ2n) is 6.63. The van der Waals surface area contributed by atoms with Gasteiger partial charge in [0.2, 0.25) is 5.91 Å². The van der Waals surface area contributed by atoms with E-state index in [2.05, 4.69) is 27.8 Å². The standard InChI is InChI=1S/C18H19N3O2S/c1-10(22)20-18-21-15-5-4-13(8-16(15)24-18)17(23)19-9-14-7-11-2-3-12(14)6-11/h2-5,8,11-12,14H,6-7,9H2,1H3,(H,19,23)(H,20,21,22). The van der Waals surface area contributed by atoms with E-state index in [-0.39, 0.29) is 11.8 Å². The molecule has 1 aromatic carbocycles. The first-order valence-electron chi connectivity index (χ1n) is 8.23. The van der Waals surface area contributed by atoms with E-state index >= 15 is 0 Å². The minimum atomic E-state index is -0.146. The van der Waals surface area contributed by atoms with Crippen molar-refractivity contribution in [3.05, 3.63) is 35.9 Å². The Balaban J connectivity index is 1.44. The Bertz CT molecular complexity index is 842. The zero-order valence-electron chi connectivity index (χ0n) is 13.4. The molecular weight excluding hydrogens is 322 g/mol. The van der Waals surface area contributed by atoms with Crippen LogP contribution in [-0.4, -0.2) is 23.3 Å². The molecule has 3 unspecified atom stereocenters. The summed E-state index contributed by atoms with van der Waals surface area (Å²) < 4.78 is 0.897. The van der Waals surface area contributed by atoms with Crippen LogP contribution in [0.1, 0.15) is 30.1 Å². The molecule has 2 amide bonds. The fraction of sp³-hybridized carbons (Fsp3) is 0.389. The van der Waals surface area contributed by atoms with E-state index in [1.165, 1.54) is 31.1 Å². The summed E-state index contributed by atoms with van der Waals surface area (Å²) in [5, 5.41) is 6.31. The summed E-state index contributed by atoms with van der Waals surface area (Å²) in [6.45, 7) is 2.19. The van der Waals surface area contributed by atoms with Crippen LogP contribution in [0.4, 0.5) is 5.13 Å². The second kappa shape index (κ2) is 6.02. The zero-order chi connectivity index (χ0) is 16.7. The van der Waals surface area contributed by atoms with Crippen LogP contribution in [-0.2, 0) is 4.79 Å². The van der Waals surface area contributed by atoms with Gasteiger partial charge >= 0.3 is 0 Å². The molecule has 2 N–H and O–H groups in total. The van der Waals surface area contributed by atoms with Gasteiger partial charge in [-0.15, -0.1) is 0 Å². The molecule has 1 saturated carbocycles. The number of benzene rings is 1. The molecule has 2 aliphatic carbocycles. The topological polar surface area (TPSA) is 71.1 Å². The first-order chi connectivity index (χ1) is 11.6. The predicted molar refractivity (Wildman–Crippen MR) is 95.1 cm³/mol. The number of nitrogens with zero attached hydrogens (tertiary/aromatic N) is 1. The molecule has 0 saturated heterocycles. The molecule has 0 spiro atoms. The normalized spacial score (nSPS) is 24.5. The van der Waals surface area contributed by atoms with Gasteiger partial charge in [-0.1, -0.05) is 23.5 Å². The van der Waals surface area contributed by atoms with Gasteiger partial charge in [-0.25, -0.2) is 4.98 Å². The molecule has 1 fully saturated rings. The van der Waals surface area contributed by atoms with Crippen molar-refractivity contribution in [2.45, 2.75) is 19.8 Å². The average Bonchev–Trinajstić information content (AvgIpc) is 3.25. The number of hydrogen-bond acceptors (Lipinski definition) is 4. The number of aromatic nitrogens is 1. The fourth-order valence-electron chi connectivity index (χ4n) is 3.73. The van der Waals surface area contributed by atoms with Crippen molar-refractivity contribution in [3.63, 3.8) is 0 Å². The zero-order valence-corrected chi connectivity index (χ0v) is 14.2. The summed E-state index contributed by atoms with van der Waals surface area (Å²) in [7, 11) is 0.